The fraction of sp³-hybridized carbons (Fsp3) is 1.00. The van der Waals surface area contributed by atoms with E-state index in [1.807, 2.05) is 0 Å². The van der Waals surface area contributed by atoms with Crippen LogP contribution in [0.3, 0.4) is 0 Å². The lowest BCUT2D eigenvalue weighted by molar-refractivity contribution is 0.245. The monoisotopic (exact) mass is 172 g/mol. The van der Waals surface area contributed by atoms with Crippen LogP contribution >= 0.6 is 0 Å². The molecule has 0 amide bonds. The van der Waals surface area contributed by atoms with Gasteiger partial charge in [-0.05, 0) is 37.6 Å². The van der Waals surface area contributed by atoms with Crippen LogP contribution in [0.2, 0.25) is 0 Å². The van der Waals surface area contributed by atoms with E-state index >= 15 is 0 Å². The van der Waals surface area contributed by atoms with Gasteiger partial charge in [0.15, 0.2) is 0 Å². The van der Waals surface area contributed by atoms with Crippen LogP contribution in [0.15, 0.2) is 0 Å². The van der Waals surface area contributed by atoms with E-state index in [0.717, 1.165) is 13.0 Å². The fourth-order valence-electron chi connectivity index (χ4n) is 1.98. The average Bonchev–Trinajstić information content (AvgIpc) is 1.83. The van der Waals surface area contributed by atoms with Gasteiger partial charge in [0.1, 0.15) is 0 Å². The van der Waals surface area contributed by atoms with Gasteiger partial charge in [-0.25, -0.2) is 0 Å². The molecule has 0 aliphatic carbocycles. The number of nitrogens with two attached hydrogens (primary N) is 2. The molecule has 0 aromatic heterocycles. The molecule has 2 unspecified atom stereocenters. The molecule has 74 valence electrons. The van der Waals surface area contributed by atoms with Crippen molar-refractivity contribution in [2.75, 3.05) is 6.54 Å². The molecular weight excluding hydrogens is 148 g/mol. The first-order chi connectivity index (χ1) is 5.37. The standard InChI is InChI=1S/C10H24N2/c1-8(7-11)5-10(3,4)6-9(2)12/h8-9H,5-7,11-12H2,1-4H3. The molecule has 4 N–H and O–H groups in total. The highest BCUT2D eigenvalue weighted by Crippen LogP contribution is 2.29. The first kappa shape index (κ1) is 11.9. The van der Waals surface area contributed by atoms with Gasteiger partial charge in [-0.1, -0.05) is 20.8 Å². The van der Waals surface area contributed by atoms with Crippen molar-refractivity contribution in [2.24, 2.45) is 22.8 Å². The summed E-state index contributed by atoms with van der Waals surface area (Å²) in [4.78, 5) is 0. The molecule has 0 spiro atoms. The molecule has 0 aliphatic heterocycles. The Morgan fingerprint density at radius 1 is 1.17 bits per heavy atom. The minimum absolute atomic E-state index is 0.296. The van der Waals surface area contributed by atoms with Crippen molar-refractivity contribution in [3.8, 4) is 0 Å². The summed E-state index contributed by atoms with van der Waals surface area (Å²) in [6, 6.07) is 0.296. The van der Waals surface area contributed by atoms with Crippen LogP contribution in [0.5, 0.6) is 0 Å². The molecule has 0 aromatic carbocycles. The molecule has 0 heterocycles. The van der Waals surface area contributed by atoms with E-state index in [-0.39, 0.29) is 0 Å². The summed E-state index contributed by atoms with van der Waals surface area (Å²) >= 11 is 0. The average molecular weight is 172 g/mol. The largest absolute Gasteiger partial charge is 0.330 e. The molecule has 0 aliphatic rings. The maximum Gasteiger partial charge on any atom is 0.00155 e. The van der Waals surface area contributed by atoms with Gasteiger partial charge in [-0.15, -0.1) is 0 Å². The normalized spacial score (nSPS) is 17.5. The van der Waals surface area contributed by atoms with Gasteiger partial charge >= 0.3 is 0 Å². The van der Waals surface area contributed by atoms with E-state index in [1.165, 1.54) is 6.42 Å². The molecule has 0 radical (unpaired) electrons. The second kappa shape index (κ2) is 4.83. The highest BCUT2D eigenvalue weighted by molar-refractivity contribution is 4.75. The van der Waals surface area contributed by atoms with E-state index in [1.54, 1.807) is 0 Å². The quantitative estimate of drug-likeness (QED) is 0.663. The highest BCUT2D eigenvalue weighted by Gasteiger charge is 2.21. The molecular formula is C10H24N2. The van der Waals surface area contributed by atoms with Crippen molar-refractivity contribution in [1.82, 2.24) is 0 Å². The van der Waals surface area contributed by atoms with Crippen molar-refractivity contribution in [3.05, 3.63) is 0 Å². The van der Waals surface area contributed by atoms with Gasteiger partial charge < -0.3 is 11.5 Å². The predicted octanol–water partition coefficient (Wildman–Crippen LogP) is 1.73. The summed E-state index contributed by atoms with van der Waals surface area (Å²) in [5, 5.41) is 0. The molecule has 0 fully saturated rings. The van der Waals surface area contributed by atoms with E-state index in [9.17, 15) is 0 Å². The molecule has 0 bridgehead atoms. The Balaban J connectivity index is 3.85. The zero-order valence-corrected chi connectivity index (χ0v) is 8.93. The first-order valence-corrected chi connectivity index (χ1v) is 4.83. The van der Waals surface area contributed by atoms with Crippen LogP contribution in [0.4, 0.5) is 0 Å². The van der Waals surface area contributed by atoms with Gasteiger partial charge in [-0.2, -0.15) is 0 Å². The van der Waals surface area contributed by atoms with Crippen molar-refractivity contribution in [2.45, 2.75) is 46.6 Å². The van der Waals surface area contributed by atoms with E-state index < -0.39 is 0 Å². The Bertz CT molecular complexity index is 119. The molecule has 2 nitrogen and oxygen atoms in total. The van der Waals surface area contributed by atoms with Crippen molar-refractivity contribution in [1.29, 1.82) is 0 Å². The number of hydrogen-bond donors (Lipinski definition) is 2. The van der Waals surface area contributed by atoms with Gasteiger partial charge in [0.25, 0.3) is 0 Å². The lowest BCUT2D eigenvalue weighted by Gasteiger charge is -2.29. The third-order valence-electron chi connectivity index (χ3n) is 2.18. The Morgan fingerprint density at radius 3 is 2.00 bits per heavy atom. The van der Waals surface area contributed by atoms with Gasteiger partial charge in [0.05, 0.1) is 0 Å². The molecule has 0 saturated carbocycles. The summed E-state index contributed by atoms with van der Waals surface area (Å²) in [5.74, 6) is 0.610. The Hall–Kier alpha value is -0.0800. The Kier molecular flexibility index (Phi) is 4.80. The summed E-state index contributed by atoms with van der Waals surface area (Å²) < 4.78 is 0. The molecule has 2 atom stereocenters. The second-order valence-corrected chi connectivity index (χ2v) is 4.89. The molecule has 2 heteroatoms. The van der Waals surface area contributed by atoms with Crippen molar-refractivity contribution < 1.29 is 0 Å². The van der Waals surface area contributed by atoms with Crippen LogP contribution in [0.25, 0.3) is 0 Å². The van der Waals surface area contributed by atoms with Crippen LogP contribution in [-0.2, 0) is 0 Å². The van der Waals surface area contributed by atoms with Gasteiger partial charge in [0, 0.05) is 6.04 Å². The van der Waals surface area contributed by atoms with Gasteiger partial charge in [0.2, 0.25) is 0 Å². The highest BCUT2D eigenvalue weighted by atomic mass is 14.6. The van der Waals surface area contributed by atoms with Crippen molar-refractivity contribution in [3.63, 3.8) is 0 Å². The Labute approximate surface area is 76.7 Å². The van der Waals surface area contributed by atoms with E-state index in [0.29, 0.717) is 17.4 Å². The topological polar surface area (TPSA) is 52.0 Å². The van der Waals surface area contributed by atoms with Crippen LogP contribution < -0.4 is 11.5 Å². The lowest BCUT2D eigenvalue weighted by atomic mass is 9.79. The predicted molar refractivity (Wildman–Crippen MR) is 54.9 cm³/mol. The Morgan fingerprint density at radius 2 is 1.67 bits per heavy atom. The minimum atomic E-state index is 0.296. The summed E-state index contributed by atoms with van der Waals surface area (Å²) in [7, 11) is 0. The molecule has 12 heavy (non-hydrogen) atoms. The maximum atomic E-state index is 5.76. The molecule has 0 rings (SSSR count). The SMILES string of the molecule is CC(N)CC(C)(C)CC(C)CN. The number of hydrogen-bond acceptors (Lipinski definition) is 2. The van der Waals surface area contributed by atoms with E-state index in [2.05, 4.69) is 27.7 Å². The first-order valence-electron chi connectivity index (χ1n) is 4.83. The molecule has 0 aromatic rings. The van der Waals surface area contributed by atoms with Crippen molar-refractivity contribution >= 4 is 0 Å². The smallest absolute Gasteiger partial charge is 0.00155 e. The minimum Gasteiger partial charge on any atom is -0.330 e. The van der Waals surface area contributed by atoms with Crippen LogP contribution in [0.1, 0.15) is 40.5 Å². The lowest BCUT2D eigenvalue weighted by Crippen LogP contribution is -2.28. The second-order valence-electron chi connectivity index (χ2n) is 4.89. The third kappa shape index (κ3) is 5.56. The summed E-state index contributed by atoms with van der Waals surface area (Å²) in [5.41, 5.74) is 11.7. The van der Waals surface area contributed by atoms with Crippen LogP contribution in [0, 0.1) is 11.3 Å². The van der Waals surface area contributed by atoms with Gasteiger partial charge in [-0.3, -0.25) is 0 Å². The summed E-state index contributed by atoms with van der Waals surface area (Å²) in [6.07, 6.45) is 2.25. The fourth-order valence-corrected chi connectivity index (χ4v) is 1.98. The zero-order chi connectivity index (χ0) is 9.78. The van der Waals surface area contributed by atoms with Crippen LogP contribution in [-0.4, -0.2) is 12.6 Å². The number of rotatable bonds is 5. The summed E-state index contributed by atoms with van der Waals surface area (Å²) in [6.45, 7) is 9.57. The zero-order valence-electron chi connectivity index (χ0n) is 8.93. The third-order valence-corrected chi connectivity index (χ3v) is 2.18. The maximum absolute atomic E-state index is 5.76. The van der Waals surface area contributed by atoms with E-state index in [4.69, 9.17) is 11.5 Å². The molecule has 0 saturated heterocycles.